The average molecular weight is 761 g/mol. The first kappa shape index (κ1) is 26.7. The van der Waals surface area contributed by atoms with Gasteiger partial charge >= 0.3 is 12.1 Å². The number of hydrogen-bond acceptors (Lipinski definition) is 3. The minimum atomic E-state index is -5.72. The lowest BCUT2D eigenvalue weighted by atomic mass is 9.42. The van der Waals surface area contributed by atoms with Crippen molar-refractivity contribution in [1.82, 2.24) is 0 Å². The maximum Gasteiger partial charge on any atom is 0.453 e. The second-order valence-electron chi connectivity index (χ2n) is 16.6. The molecule has 0 aliphatic heterocycles. The smallest absolute Gasteiger partial charge is 0.453 e. The molecule has 12 atom stereocenters. The molecule has 2 saturated carbocycles. The lowest BCUT2D eigenvalue weighted by molar-refractivity contribution is -0.287. The molecule has 0 amide bonds. The van der Waals surface area contributed by atoms with Gasteiger partial charge in [0.2, 0.25) is 0 Å². The normalized spacial score (nSPS) is 46.7. The third kappa shape index (κ3) is 9.26. The molecule has 0 heterocycles. The molecule has 3 aliphatic carbocycles. The van der Waals surface area contributed by atoms with E-state index in [-0.39, 0.29) is 41.2 Å². The summed E-state index contributed by atoms with van der Waals surface area (Å²) in [5.41, 5.74) is -7.14. The number of phenolic OH excluding ortho intramolecular Hbond substituents is 1. The van der Waals surface area contributed by atoms with Gasteiger partial charge < -0.3 is 14.8 Å². The molecule has 294 valence electrons. The number of alkyl halides is 5. The van der Waals surface area contributed by atoms with E-state index in [2.05, 4.69) is 0 Å². The van der Waals surface area contributed by atoms with Crippen molar-refractivity contribution in [3.8, 4) is 5.75 Å². The zero-order valence-electron chi connectivity index (χ0n) is 45.6. The number of halogens is 5. The molecule has 51 heavy (non-hydrogen) atoms. The number of benzene rings is 1. The molecule has 4 rings (SSSR count). The molecule has 6 unspecified atom stereocenters. The number of rotatable bonds is 15. The Morgan fingerprint density at radius 2 is 1.51 bits per heavy atom. The van der Waals surface area contributed by atoms with E-state index in [4.69, 9.17) is 2.74 Å². The molecule has 3 aliphatic rings. The van der Waals surface area contributed by atoms with Crippen molar-refractivity contribution in [2.24, 2.45) is 64.0 Å². The van der Waals surface area contributed by atoms with E-state index in [1.165, 1.54) is 13.8 Å². The van der Waals surface area contributed by atoms with Crippen molar-refractivity contribution < 1.29 is 55.9 Å². The van der Waals surface area contributed by atoms with E-state index in [0.717, 1.165) is 39.8 Å². The van der Waals surface area contributed by atoms with Gasteiger partial charge in [0, 0.05) is 41.5 Å². The number of aliphatic hydroxyl groups is 1. The van der Waals surface area contributed by atoms with Crippen LogP contribution in [0.5, 0.6) is 5.75 Å². The van der Waals surface area contributed by atoms with Gasteiger partial charge in [0.1, 0.15) is 17.3 Å². The fraction of sp³-hybridized carbons (Fsp3) is 0.857. The van der Waals surface area contributed by atoms with Crippen LogP contribution in [0.1, 0.15) is 155 Å². The quantitative estimate of drug-likeness (QED) is 0.138. The third-order valence-electron chi connectivity index (χ3n) is 10.5. The van der Waals surface area contributed by atoms with Crippen molar-refractivity contribution >= 4 is 11.2 Å². The van der Waals surface area contributed by atoms with Gasteiger partial charge in [0.25, 0.3) is 0 Å². The summed E-state index contributed by atoms with van der Waals surface area (Å²) in [4.78, 5) is 0. The van der Waals surface area contributed by atoms with E-state index in [0.29, 0.717) is 12.8 Å². The molecule has 2 N–H and O–H groups in total. The number of aryl methyl sites for hydroxylation is 1. The lowest BCUT2D eigenvalue weighted by Gasteiger charge is -2.62. The van der Waals surface area contributed by atoms with Crippen LogP contribution in [0.2, 0.25) is 0 Å². The van der Waals surface area contributed by atoms with Crippen LogP contribution in [0.15, 0.2) is 12.1 Å². The largest absolute Gasteiger partial charge is 0.616 e. The molecule has 1 aromatic rings. The highest BCUT2D eigenvalue weighted by Crippen LogP contribution is 2.70. The van der Waals surface area contributed by atoms with Gasteiger partial charge in [-0.05, 0) is 133 Å². The molecular formula is C42H67F5O3S. The summed E-state index contributed by atoms with van der Waals surface area (Å²) in [5.74, 6) is -25.0. The summed E-state index contributed by atoms with van der Waals surface area (Å²) in [6.07, 6.45) is -25.6. The second-order valence-corrected chi connectivity index (χ2v) is 18.2. The van der Waals surface area contributed by atoms with Crippen molar-refractivity contribution in [2.75, 3.05) is 11.5 Å². The Balaban J connectivity index is 1.82. The molecule has 0 bridgehead atoms. The van der Waals surface area contributed by atoms with E-state index in [9.17, 15) is 53.2 Å². The maximum atomic E-state index is 13.6. The average Bonchev–Trinajstić information content (AvgIpc) is 3.15. The number of hydrogen-bond donors (Lipinski definition) is 2. The van der Waals surface area contributed by atoms with Gasteiger partial charge in [-0.15, -0.1) is 0 Å². The predicted octanol–water partition coefficient (Wildman–Crippen LogP) is 11.5. The predicted molar refractivity (Wildman–Crippen MR) is 198 cm³/mol. The minimum absolute atomic E-state index is 0.0258. The molecule has 3 nitrogen and oxygen atoms in total. The van der Waals surface area contributed by atoms with Gasteiger partial charge in [0.05, 0.1) is 7.45 Å². The van der Waals surface area contributed by atoms with Crippen LogP contribution in [0, 0.1) is 70.9 Å². The van der Waals surface area contributed by atoms with Gasteiger partial charge in [-0.2, -0.15) is 22.0 Å². The highest BCUT2D eigenvalue weighted by Gasteiger charge is 2.64. The van der Waals surface area contributed by atoms with E-state index in [1.807, 2.05) is 13.8 Å². The monoisotopic (exact) mass is 761 g/mol. The highest BCUT2D eigenvalue weighted by molar-refractivity contribution is 7.91. The zero-order chi connectivity index (χ0) is 51.1. The van der Waals surface area contributed by atoms with Crippen LogP contribution in [0.4, 0.5) is 22.0 Å². The SMILES string of the molecule is [2H]C1([2H])C([2H])([2H])[C@]([2H])(O)[C@@]2(C([2H])(C)C)C([2H])([2H])C(C)(C)[C@]3([2H])c4cc(C)c(O)cc4C([2H])([2H])[C@@]([2H])(CC(C)CC(C)CC(C)CC(C)C[S+]([O-])CC(C)CC(F)(F)C(F)(F)F)[C@@]3([2H])[C@]12[2H]. The fourth-order valence-corrected chi connectivity index (χ4v) is 10.3. The zero-order valence-corrected chi connectivity index (χ0v) is 32.4. The van der Waals surface area contributed by atoms with Crippen LogP contribution in [0.25, 0.3) is 0 Å². The highest BCUT2D eigenvalue weighted by atomic mass is 32.2. The van der Waals surface area contributed by atoms with Crippen LogP contribution in [-0.2, 0) is 17.5 Å². The molecule has 1 aromatic carbocycles. The standard InChI is InChI=1S/C42H67F5O3S/c1-24(2)40-23-39(9,10)38-33-17-30(8)35(48)19-31(33)18-32(37(38)34(40)11-12-36(40)49)16-27(5)14-25(3)13-26(4)15-28(6)21-51(50)22-29(7)20-41(43,44)42(45,46)47/h17,19,24-29,32,34,36-38,48-49H,11-16,18,20-23H2,1-10H3/t25?,26?,27?,28?,29?,32-,34+,36+,37+,38-,40-,51?/m1/s1/i11D2,12D2,18D2,23D2,24D,32D,34D,36D,37D,38D. The van der Waals surface area contributed by atoms with Crippen molar-refractivity contribution in [3.05, 3.63) is 28.8 Å². The summed E-state index contributed by atoms with van der Waals surface area (Å²) in [6.45, 7) is 13.8. The van der Waals surface area contributed by atoms with Crippen molar-refractivity contribution in [1.29, 1.82) is 0 Å². The van der Waals surface area contributed by atoms with Gasteiger partial charge in [-0.1, -0.05) is 79.6 Å². The molecule has 9 heteroatoms. The Morgan fingerprint density at radius 3 is 2.10 bits per heavy atom. The lowest BCUT2D eigenvalue weighted by Crippen LogP contribution is -2.57. The Bertz CT molecular complexity index is 1970. The molecule has 0 saturated heterocycles. The first-order chi connectivity index (χ1) is 28.6. The Morgan fingerprint density at radius 1 is 0.941 bits per heavy atom. The molecular weight excluding hydrogens is 680 g/mol. The van der Waals surface area contributed by atoms with Gasteiger partial charge in [-0.25, -0.2) is 0 Å². The van der Waals surface area contributed by atoms with Crippen LogP contribution in [0.3, 0.4) is 0 Å². The number of phenols is 1. The van der Waals surface area contributed by atoms with E-state index >= 15 is 0 Å². The topological polar surface area (TPSA) is 63.5 Å². The molecule has 0 radical (unpaired) electrons. The second kappa shape index (κ2) is 16.0. The first-order valence-corrected chi connectivity index (χ1v) is 19.5. The van der Waals surface area contributed by atoms with Crippen molar-refractivity contribution in [2.45, 2.75) is 151 Å². The summed E-state index contributed by atoms with van der Waals surface area (Å²) in [5, 5.41) is 23.3. The van der Waals surface area contributed by atoms with E-state index < -0.39 is 137 Å². The van der Waals surface area contributed by atoms with Crippen molar-refractivity contribution in [3.63, 3.8) is 0 Å². The van der Waals surface area contributed by atoms with E-state index in [1.54, 1.807) is 13.8 Å². The Labute approximate surface area is 328 Å². The molecule has 2 fully saturated rings. The first-order valence-electron chi connectivity index (χ1n) is 25.0. The van der Waals surface area contributed by atoms with Gasteiger partial charge in [0.15, 0.2) is 0 Å². The maximum absolute atomic E-state index is 13.6. The fourth-order valence-electron chi connectivity index (χ4n) is 8.61. The number of aromatic hydroxyl groups is 1. The Hall–Kier alpha value is -1.06. The number of fused-ring (bicyclic) bond motifs is 5. The summed E-state index contributed by atoms with van der Waals surface area (Å²) < 4.78 is 216. The summed E-state index contributed by atoms with van der Waals surface area (Å²) >= 11 is -1.70. The van der Waals surface area contributed by atoms with Gasteiger partial charge in [-0.3, -0.25) is 0 Å². The minimum Gasteiger partial charge on any atom is -0.616 e. The molecule has 0 aromatic heterocycles. The Kier molecular flexibility index (Phi) is 8.36. The molecule has 0 spiro atoms. The summed E-state index contributed by atoms with van der Waals surface area (Å²) in [7, 11) is 0. The van der Waals surface area contributed by atoms with Crippen LogP contribution in [-0.4, -0.2) is 44.5 Å². The van der Waals surface area contributed by atoms with Crippen LogP contribution >= 0.6 is 0 Å². The summed E-state index contributed by atoms with van der Waals surface area (Å²) in [6, 6.07) is 2.09. The van der Waals surface area contributed by atoms with Crippen LogP contribution < -0.4 is 0 Å². The third-order valence-corrected chi connectivity index (χ3v) is 12.4.